The van der Waals surface area contributed by atoms with Gasteiger partial charge in [0.2, 0.25) is 0 Å². The van der Waals surface area contributed by atoms with E-state index in [0.29, 0.717) is 5.56 Å². The zero-order valence-corrected chi connectivity index (χ0v) is 11.4. The monoisotopic (exact) mass is 308 g/mol. The zero-order valence-electron chi connectivity index (χ0n) is 10.7. The molecule has 0 bridgehead atoms. The molecule has 5 nitrogen and oxygen atoms in total. The Labute approximate surface area is 124 Å². The Morgan fingerprint density at radius 2 is 2.05 bits per heavy atom. The molecule has 0 heterocycles. The van der Waals surface area contributed by atoms with Crippen molar-refractivity contribution in [3.63, 3.8) is 0 Å². The number of halogens is 2. The highest BCUT2D eigenvalue weighted by Crippen LogP contribution is 2.22. The molecule has 21 heavy (non-hydrogen) atoms. The van der Waals surface area contributed by atoms with Gasteiger partial charge in [-0.2, -0.15) is 0 Å². The number of hydrogen-bond acceptors (Lipinski definition) is 3. The second-order valence-electron chi connectivity index (χ2n) is 4.23. The van der Waals surface area contributed by atoms with E-state index in [0.717, 1.165) is 6.07 Å². The summed E-state index contributed by atoms with van der Waals surface area (Å²) in [6.07, 6.45) is 0. The molecule has 0 radical (unpaired) electrons. The number of hydrogen-bond donors (Lipinski definition) is 1. The number of nitro groups is 1. The van der Waals surface area contributed by atoms with Gasteiger partial charge >= 0.3 is 0 Å². The third kappa shape index (κ3) is 3.76. The van der Waals surface area contributed by atoms with Crippen LogP contribution in [0.15, 0.2) is 42.5 Å². The van der Waals surface area contributed by atoms with E-state index >= 15 is 0 Å². The third-order valence-electron chi connectivity index (χ3n) is 2.75. The third-order valence-corrected chi connectivity index (χ3v) is 3.08. The molecular weight excluding hydrogens is 299 g/mol. The van der Waals surface area contributed by atoms with Gasteiger partial charge in [0.05, 0.1) is 15.5 Å². The SMILES string of the molecule is O=C(NCc1cccc(F)c1)c1cc([N+](=O)[O-])ccc1Cl. The predicted molar refractivity (Wildman–Crippen MR) is 75.7 cm³/mol. The van der Waals surface area contributed by atoms with Crippen molar-refractivity contribution in [2.75, 3.05) is 0 Å². The molecule has 0 spiro atoms. The lowest BCUT2D eigenvalue weighted by Crippen LogP contribution is -2.23. The van der Waals surface area contributed by atoms with Gasteiger partial charge in [-0.05, 0) is 23.8 Å². The van der Waals surface area contributed by atoms with E-state index < -0.39 is 16.6 Å². The fourth-order valence-corrected chi connectivity index (χ4v) is 1.93. The van der Waals surface area contributed by atoms with E-state index in [2.05, 4.69) is 5.32 Å². The number of carbonyl (C=O) groups excluding carboxylic acids is 1. The maximum Gasteiger partial charge on any atom is 0.270 e. The number of nitro benzene ring substituents is 1. The standard InChI is InChI=1S/C14H10ClFN2O3/c15-13-5-4-11(18(20)21)7-12(13)14(19)17-8-9-2-1-3-10(16)6-9/h1-7H,8H2,(H,17,19). The van der Waals surface area contributed by atoms with Crippen molar-refractivity contribution in [2.45, 2.75) is 6.54 Å². The second kappa shape index (κ2) is 6.32. The van der Waals surface area contributed by atoms with Crippen LogP contribution in [0.4, 0.5) is 10.1 Å². The largest absolute Gasteiger partial charge is 0.348 e. The van der Waals surface area contributed by atoms with Crippen LogP contribution in [0.1, 0.15) is 15.9 Å². The second-order valence-corrected chi connectivity index (χ2v) is 4.64. The molecular formula is C14H10ClFN2O3. The van der Waals surface area contributed by atoms with E-state index in [1.54, 1.807) is 6.07 Å². The van der Waals surface area contributed by atoms with Crippen molar-refractivity contribution in [1.29, 1.82) is 0 Å². The van der Waals surface area contributed by atoms with Crippen LogP contribution in [0.25, 0.3) is 0 Å². The zero-order chi connectivity index (χ0) is 15.4. The maximum absolute atomic E-state index is 13.0. The topological polar surface area (TPSA) is 72.2 Å². The molecule has 0 saturated carbocycles. The fourth-order valence-electron chi connectivity index (χ4n) is 1.73. The number of non-ortho nitro benzene ring substituents is 1. The van der Waals surface area contributed by atoms with Crippen LogP contribution in [0.2, 0.25) is 5.02 Å². The molecule has 0 saturated heterocycles. The lowest BCUT2D eigenvalue weighted by atomic mass is 10.1. The minimum Gasteiger partial charge on any atom is -0.348 e. The summed E-state index contributed by atoms with van der Waals surface area (Å²) in [7, 11) is 0. The number of nitrogens with zero attached hydrogens (tertiary/aromatic N) is 1. The van der Waals surface area contributed by atoms with Crippen LogP contribution in [0.5, 0.6) is 0 Å². The molecule has 108 valence electrons. The van der Waals surface area contributed by atoms with E-state index in [4.69, 9.17) is 11.6 Å². The van der Waals surface area contributed by atoms with E-state index in [-0.39, 0.29) is 22.8 Å². The minimum absolute atomic E-state index is 0.00210. The van der Waals surface area contributed by atoms with Crippen molar-refractivity contribution in [1.82, 2.24) is 5.32 Å². The Kier molecular flexibility index (Phi) is 4.49. The molecule has 0 unspecified atom stereocenters. The van der Waals surface area contributed by atoms with Crippen LogP contribution in [0, 0.1) is 15.9 Å². The molecule has 1 N–H and O–H groups in total. The van der Waals surface area contributed by atoms with Gasteiger partial charge in [-0.3, -0.25) is 14.9 Å². The number of nitrogens with one attached hydrogen (secondary N) is 1. The first-order chi connectivity index (χ1) is 9.97. The van der Waals surface area contributed by atoms with Crippen LogP contribution in [-0.2, 0) is 6.54 Å². The molecule has 0 aliphatic carbocycles. The van der Waals surface area contributed by atoms with Crippen molar-refractivity contribution in [3.8, 4) is 0 Å². The molecule has 0 fully saturated rings. The predicted octanol–water partition coefficient (Wildman–Crippen LogP) is 3.32. The Balaban J connectivity index is 2.13. The molecule has 0 aromatic heterocycles. The number of carbonyl (C=O) groups is 1. The lowest BCUT2D eigenvalue weighted by molar-refractivity contribution is -0.384. The summed E-state index contributed by atoms with van der Waals surface area (Å²) in [5.74, 6) is -0.969. The average molecular weight is 309 g/mol. The molecule has 1 amide bonds. The first-order valence-corrected chi connectivity index (χ1v) is 6.32. The average Bonchev–Trinajstić information content (AvgIpc) is 2.45. The van der Waals surface area contributed by atoms with Crippen LogP contribution in [-0.4, -0.2) is 10.8 Å². The highest BCUT2D eigenvalue weighted by atomic mass is 35.5. The Morgan fingerprint density at radius 1 is 1.29 bits per heavy atom. The fraction of sp³-hybridized carbons (Fsp3) is 0.0714. The number of benzene rings is 2. The van der Waals surface area contributed by atoms with E-state index in [9.17, 15) is 19.3 Å². The maximum atomic E-state index is 13.0. The summed E-state index contributed by atoms with van der Waals surface area (Å²) in [6, 6.07) is 9.36. The van der Waals surface area contributed by atoms with E-state index in [1.807, 2.05) is 0 Å². The summed E-state index contributed by atoms with van der Waals surface area (Å²) in [5.41, 5.74) is 0.350. The molecule has 2 rings (SSSR count). The number of rotatable bonds is 4. The molecule has 0 aliphatic heterocycles. The summed E-state index contributed by atoms with van der Waals surface area (Å²) in [4.78, 5) is 22.1. The van der Waals surface area contributed by atoms with Gasteiger partial charge in [-0.25, -0.2) is 4.39 Å². The molecule has 7 heteroatoms. The Bertz CT molecular complexity index is 706. The summed E-state index contributed by atoms with van der Waals surface area (Å²) in [5, 5.41) is 13.3. The van der Waals surface area contributed by atoms with Gasteiger partial charge in [-0.1, -0.05) is 23.7 Å². The highest BCUT2D eigenvalue weighted by Gasteiger charge is 2.15. The number of amides is 1. The highest BCUT2D eigenvalue weighted by molar-refractivity contribution is 6.33. The smallest absolute Gasteiger partial charge is 0.270 e. The molecule has 2 aromatic carbocycles. The van der Waals surface area contributed by atoms with Crippen LogP contribution < -0.4 is 5.32 Å². The Hall–Kier alpha value is -2.47. The lowest BCUT2D eigenvalue weighted by Gasteiger charge is -2.07. The summed E-state index contributed by atoms with van der Waals surface area (Å²) in [6.45, 7) is 0.0929. The summed E-state index contributed by atoms with van der Waals surface area (Å²) < 4.78 is 13.0. The van der Waals surface area contributed by atoms with Gasteiger partial charge < -0.3 is 5.32 Å². The van der Waals surface area contributed by atoms with E-state index in [1.165, 1.54) is 30.3 Å². The van der Waals surface area contributed by atoms with Gasteiger partial charge in [-0.15, -0.1) is 0 Å². The minimum atomic E-state index is -0.611. The van der Waals surface area contributed by atoms with Crippen molar-refractivity contribution >= 4 is 23.2 Å². The van der Waals surface area contributed by atoms with Crippen LogP contribution in [0.3, 0.4) is 0 Å². The van der Waals surface area contributed by atoms with Crippen molar-refractivity contribution < 1.29 is 14.1 Å². The molecule has 2 aromatic rings. The Morgan fingerprint density at radius 3 is 2.71 bits per heavy atom. The van der Waals surface area contributed by atoms with Gasteiger partial charge in [0, 0.05) is 18.7 Å². The quantitative estimate of drug-likeness (QED) is 0.695. The normalized spacial score (nSPS) is 10.2. The molecule has 0 aliphatic rings. The first-order valence-electron chi connectivity index (χ1n) is 5.94. The molecule has 0 atom stereocenters. The van der Waals surface area contributed by atoms with Gasteiger partial charge in [0.25, 0.3) is 11.6 Å². The summed E-state index contributed by atoms with van der Waals surface area (Å²) >= 11 is 5.86. The van der Waals surface area contributed by atoms with Crippen molar-refractivity contribution in [3.05, 3.63) is 74.5 Å². The van der Waals surface area contributed by atoms with Gasteiger partial charge in [0.15, 0.2) is 0 Å². The first kappa shape index (κ1) is 14.9. The van der Waals surface area contributed by atoms with Gasteiger partial charge in [0.1, 0.15) is 5.82 Å². The van der Waals surface area contributed by atoms with Crippen LogP contribution >= 0.6 is 11.6 Å². The van der Waals surface area contributed by atoms with Crippen molar-refractivity contribution in [2.24, 2.45) is 0 Å².